The summed E-state index contributed by atoms with van der Waals surface area (Å²) >= 11 is 1.72. The van der Waals surface area contributed by atoms with Crippen LogP contribution in [0.25, 0.3) is 0 Å². The topological polar surface area (TPSA) is 58.2 Å². The lowest BCUT2D eigenvalue weighted by atomic mass is 10.3. The molecule has 0 spiro atoms. The van der Waals surface area contributed by atoms with Gasteiger partial charge in [-0.3, -0.25) is 4.21 Å². The van der Waals surface area contributed by atoms with Gasteiger partial charge in [0.25, 0.3) is 0 Å². The molecule has 2 N–H and O–H groups in total. The minimum absolute atomic E-state index is 0.260. The quantitative estimate of drug-likeness (QED) is 0.782. The molecule has 0 aromatic heterocycles. The summed E-state index contributed by atoms with van der Waals surface area (Å²) in [7, 11) is -1.06. The molecule has 2 rings (SSSR count). The molecule has 2 amide bonds. The smallest absolute Gasteiger partial charge is 0.319 e. The van der Waals surface area contributed by atoms with Crippen molar-refractivity contribution in [3.8, 4) is 0 Å². The Labute approximate surface area is 143 Å². The number of hydrogen-bond donors (Lipinski definition) is 2. The highest BCUT2D eigenvalue weighted by Crippen LogP contribution is 2.22. The van der Waals surface area contributed by atoms with Gasteiger partial charge in [0.05, 0.1) is 0 Å². The zero-order valence-electron chi connectivity index (χ0n) is 13.1. The second-order valence-corrected chi connectivity index (χ2v) is 7.95. The van der Waals surface area contributed by atoms with Crippen LogP contribution in [0, 0.1) is 0 Å². The van der Waals surface area contributed by atoms with E-state index in [1.165, 1.54) is 4.90 Å². The molecule has 0 aliphatic carbocycles. The van der Waals surface area contributed by atoms with Crippen LogP contribution >= 0.6 is 11.8 Å². The van der Waals surface area contributed by atoms with Crippen molar-refractivity contribution in [3.05, 3.63) is 54.6 Å². The minimum atomic E-state index is -1.06. The number of rotatable bonds is 6. The van der Waals surface area contributed by atoms with Gasteiger partial charge in [-0.15, -0.1) is 11.8 Å². The molecule has 0 saturated carbocycles. The highest BCUT2D eigenvalue weighted by atomic mass is 32.2. The van der Waals surface area contributed by atoms with Crippen LogP contribution in [0.2, 0.25) is 0 Å². The molecule has 2 aromatic carbocycles. The largest absolute Gasteiger partial charge is 0.337 e. The summed E-state index contributed by atoms with van der Waals surface area (Å²) < 4.78 is 11.5. The van der Waals surface area contributed by atoms with Crippen molar-refractivity contribution in [2.75, 3.05) is 18.1 Å². The first-order valence-corrected chi connectivity index (χ1v) is 9.68. The molecular formula is C17H20N2O2S2. The van der Waals surface area contributed by atoms with E-state index in [-0.39, 0.29) is 11.3 Å². The zero-order valence-corrected chi connectivity index (χ0v) is 14.7. The Morgan fingerprint density at radius 3 is 2.61 bits per heavy atom. The van der Waals surface area contributed by atoms with E-state index >= 15 is 0 Å². The monoisotopic (exact) mass is 348 g/mol. The van der Waals surface area contributed by atoms with Gasteiger partial charge in [0, 0.05) is 44.3 Å². The maximum Gasteiger partial charge on any atom is 0.319 e. The second kappa shape index (κ2) is 8.74. The summed E-state index contributed by atoms with van der Waals surface area (Å²) in [4.78, 5) is 13.8. The third kappa shape index (κ3) is 6.08. The first-order chi connectivity index (χ1) is 11.0. The number of nitrogens with one attached hydrogen (secondary N) is 2. The van der Waals surface area contributed by atoms with Crippen LogP contribution in [-0.4, -0.2) is 28.3 Å². The molecule has 0 heterocycles. The highest BCUT2D eigenvalue weighted by Gasteiger charge is 2.08. The van der Waals surface area contributed by atoms with Gasteiger partial charge in [0.15, 0.2) is 0 Å². The fraction of sp³-hybridized carbons (Fsp3) is 0.235. The van der Waals surface area contributed by atoms with Crippen molar-refractivity contribution < 1.29 is 9.00 Å². The first kappa shape index (κ1) is 17.6. The summed E-state index contributed by atoms with van der Waals surface area (Å²) in [5, 5.41) is 5.88. The number of urea groups is 1. The number of carbonyl (C=O) groups is 1. The van der Waals surface area contributed by atoms with E-state index in [4.69, 9.17) is 0 Å². The third-order valence-corrected chi connectivity index (χ3v) is 5.09. The van der Waals surface area contributed by atoms with Gasteiger partial charge < -0.3 is 10.6 Å². The molecular weight excluding hydrogens is 328 g/mol. The Bertz CT molecular complexity index is 677. The van der Waals surface area contributed by atoms with E-state index in [9.17, 15) is 9.00 Å². The average molecular weight is 348 g/mol. The second-order valence-electron chi connectivity index (χ2n) is 5.06. The summed E-state index contributed by atoms with van der Waals surface area (Å²) in [6.07, 6.45) is 1.61. The van der Waals surface area contributed by atoms with E-state index in [1.54, 1.807) is 42.3 Å². The fourth-order valence-corrected chi connectivity index (χ4v) is 3.45. The lowest BCUT2D eigenvalue weighted by Gasteiger charge is -2.13. The van der Waals surface area contributed by atoms with Crippen molar-refractivity contribution in [3.63, 3.8) is 0 Å². The predicted octanol–water partition coefficient (Wildman–Crippen LogP) is 3.73. The molecule has 4 nitrogen and oxygen atoms in total. The van der Waals surface area contributed by atoms with Crippen LogP contribution in [0.1, 0.15) is 6.92 Å². The Balaban J connectivity index is 1.81. The molecule has 0 radical (unpaired) electrons. The number of hydrogen-bond acceptors (Lipinski definition) is 3. The Morgan fingerprint density at radius 2 is 1.91 bits per heavy atom. The SMILES string of the molecule is C[C@@H](CNC(=O)Nc1cccc([S@](C)=O)c1)Sc1ccccc1. The molecule has 23 heavy (non-hydrogen) atoms. The van der Waals surface area contributed by atoms with E-state index < -0.39 is 10.8 Å². The van der Waals surface area contributed by atoms with E-state index in [0.717, 1.165) is 0 Å². The van der Waals surface area contributed by atoms with Gasteiger partial charge in [-0.25, -0.2) is 4.79 Å². The molecule has 0 unspecified atom stereocenters. The van der Waals surface area contributed by atoms with Crippen LogP contribution in [0.3, 0.4) is 0 Å². The van der Waals surface area contributed by atoms with Crippen molar-refractivity contribution in [1.29, 1.82) is 0 Å². The number of amides is 2. The zero-order chi connectivity index (χ0) is 16.7. The molecule has 0 bridgehead atoms. The molecule has 2 atom stereocenters. The van der Waals surface area contributed by atoms with Gasteiger partial charge in [0.1, 0.15) is 0 Å². The molecule has 0 saturated heterocycles. The number of thioether (sulfide) groups is 1. The van der Waals surface area contributed by atoms with E-state index in [2.05, 4.69) is 29.7 Å². The number of benzene rings is 2. The van der Waals surface area contributed by atoms with E-state index in [0.29, 0.717) is 17.1 Å². The normalized spacial score (nSPS) is 13.1. The maximum atomic E-state index is 11.9. The predicted molar refractivity (Wildman–Crippen MR) is 97.6 cm³/mol. The van der Waals surface area contributed by atoms with Crippen LogP contribution in [0.15, 0.2) is 64.4 Å². The number of carbonyl (C=O) groups excluding carboxylic acids is 1. The molecule has 6 heteroatoms. The summed E-state index contributed by atoms with van der Waals surface area (Å²) in [6, 6.07) is 16.9. The third-order valence-electron chi connectivity index (χ3n) is 3.05. The minimum Gasteiger partial charge on any atom is -0.337 e. The lowest BCUT2D eigenvalue weighted by Crippen LogP contribution is -2.33. The Kier molecular flexibility index (Phi) is 6.67. The van der Waals surface area contributed by atoms with Gasteiger partial charge in [-0.1, -0.05) is 31.2 Å². The van der Waals surface area contributed by atoms with Gasteiger partial charge in [0.2, 0.25) is 0 Å². The van der Waals surface area contributed by atoms with Crippen LogP contribution in [-0.2, 0) is 10.8 Å². The van der Waals surface area contributed by atoms with Crippen LogP contribution < -0.4 is 10.6 Å². The lowest BCUT2D eigenvalue weighted by molar-refractivity contribution is 0.252. The summed E-state index contributed by atoms with van der Waals surface area (Å²) in [5.74, 6) is 0. The Hall–Kier alpha value is -1.79. The van der Waals surface area contributed by atoms with Crippen molar-refractivity contribution in [1.82, 2.24) is 5.32 Å². The van der Waals surface area contributed by atoms with Gasteiger partial charge in [-0.05, 0) is 30.3 Å². The molecule has 2 aromatic rings. The summed E-state index contributed by atoms with van der Waals surface area (Å²) in [5.41, 5.74) is 0.638. The molecule has 0 fully saturated rings. The van der Waals surface area contributed by atoms with Crippen molar-refractivity contribution in [2.45, 2.75) is 22.0 Å². The molecule has 0 aliphatic rings. The maximum absolute atomic E-state index is 11.9. The van der Waals surface area contributed by atoms with Crippen molar-refractivity contribution in [2.24, 2.45) is 0 Å². The molecule has 0 aliphatic heterocycles. The van der Waals surface area contributed by atoms with Gasteiger partial charge in [-0.2, -0.15) is 0 Å². The van der Waals surface area contributed by atoms with E-state index in [1.807, 2.05) is 18.2 Å². The highest BCUT2D eigenvalue weighted by molar-refractivity contribution is 8.00. The van der Waals surface area contributed by atoms with Crippen molar-refractivity contribution >= 4 is 34.3 Å². The average Bonchev–Trinajstić information content (AvgIpc) is 2.54. The number of anilines is 1. The fourth-order valence-electron chi connectivity index (χ4n) is 1.94. The standard InChI is InChI=1S/C17H20N2O2S2/c1-13(22-15-8-4-3-5-9-15)12-18-17(20)19-14-7-6-10-16(11-14)23(2)21/h3-11,13H,12H2,1-2H3,(H2,18,19,20)/t13-,23-/m0/s1. The van der Waals surface area contributed by atoms with Crippen LogP contribution in [0.5, 0.6) is 0 Å². The Morgan fingerprint density at radius 1 is 1.17 bits per heavy atom. The van der Waals surface area contributed by atoms with Crippen LogP contribution in [0.4, 0.5) is 10.5 Å². The van der Waals surface area contributed by atoms with Gasteiger partial charge >= 0.3 is 6.03 Å². The first-order valence-electron chi connectivity index (χ1n) is 7.24. The molecule has 122 valence electrons. The summed E-state index contributed by atoms with van der Waals surface area (Å²) in [6.45, 7) is 2.63.